The molecule has 1 amide bonds. The number of alkyl halides is 2. The molecule has 0 bridgehead atoms. The summed E-state index contributed by atoms with van der Waals surface area (Å²) in [5.74, 6) is -2.37. The minimum Gasteiger partial charge on any atom is -0.485 e. The Balaban J connectivity index is 2.06. The highest BCUT2D eigenvalue weighted by atomic mass is 19.3. The summed E-state index contributed by atoms with van der Waals surface area (Å²) in [6.07, 6.45) is 2.94. The summed E-state index contributed by atoms with van der Waals surface area (Å²) in [5.41, 5.74) is 1.64. The van der Waals surface area contributed by atoms with Crippen LogP contribution in [0.1, 0.15) is 41.5 Å². The van der Waals surface area contributed by atoms with Crippen LogP contribution in [0.5, 0.6) is 5.75 Å². The lowest BCUT2D eigenvalue weighted by Crippen LogP contribution is -2.27. The zero-order valence-corrected chi connectivity index (χ0v) is 15.1. The Hall–Kier alpha value is -2.77. The Morgan fingerprint density at radius 2 is 2.08 bits per heavy atom. The summed E-state index contributed by atoms with van der Waals surface area (Å²) < 4.78 is 30.8. The topological polar surface area (TPSA) is 76.1 Å². The first-order chi connectivity index (χ1) is 12.2. The number of carbonyl (C=O) groups is 1. The number of ether oxygens (including phenoxy) is 1. The van der Waals surface area contributed by atoms with Crippen LogP contribution in [0, 0.1) is 6.92 Å². The zero-order chi connectivity index (χ0) is 19.3. The van der Waals surface area contributed by atoms with E-state index in [1.807, 2.05) is 19.1 Å². The third-order valence-electron chi connectivity index (χ3n) is 3.66. The molecule has 0 aromatic carbocycles. The fourth-order valence-electron chi connectivity index (χ4n) is 2.23. The van der Waals surface area contributed by atoms with Crippen LogP contribution in [-0.4, -0.2) is 35.5 Å². The number of nitrogens with one attached hydrogen (secondary N) is 2. The second-order valence-electron chi connectivity index (χ2n) is 6.11. The molecule has 0 spiro atoms. The smallest absolute Gasteiger partial charge is 0.278 e. The molecule has 6 nitrogen and oxygen atoms in total. The normalized spacial score (nSPS) is 12.4. The third-order valence-corrected chi connectivity index (χ3v) is 3.66. The fraction of sp³-hybridized carbons (Fsp3) is 0.389. The predicted octanol–water partition coefficient (Wildman–Crippen LogP) is 3.35. The summed E-state index contributed by atoms with van der Waals surface area (Å²) in [6.45, 7) is 3.55. The van der Waals surface area contributed by atoms with Crippen molar-refractivity contribution >= 4 is 11.7 Å². The predicted molar refractivity (Wildman–Crippen MR) is 94.8 cm³/mol. The number of anilines is 1. The molecule has 0 aliphatic heterocycles. The Kier molecular flexibility index (Phi) is 6.07. The molecular formula is C18H22F2N4O2. The quantitative estimate of drug-likeness (QED) is 0.788. The number of aromatic nitrogens is 2. The van der Waals surface area contributed by atoms with Gasteiger partial charge in [-0.3, -0.25) is 4.79 Å². The Bertz CT molecular complexity index is 778. The van der Waals surface area contributed by atoms with Gasteiger partial charge in [-0.25, -0.2) is 18.7 Å². The molecular weight excluding hydrogens is 342 g/mol. The van der Waals surface area contributed by atoms with Crippen molar-refractivity contribution in [1.82, 2.24) is 15.3 Å². The lowest BCUT2D eigenvalue weighted by molar-refractivity contribution is -0.0232. The van der Waals surface area contributed by atoms with Gasteiger partial charge < -0.3 is 15.4 Å². The van der Waals surface area contributed by atoms with Crippen LogP contribution in [0.3, 0.4) is 0 Å². The van der Waals surface area contributed by atoms with E-state index in [1.165, 1.54) is 12.3 Å². The van der Waals surface area contributed by atoms with Crippen molar-refractivity contribution in [2.75, 3.05) is 19.0 Å². The molecule has 140 valence electrons. The van der Waals surface area contributed by atoms with Gasteiger partial charge in [0.2, 0.25) is 0 Å². The molecule has 2 heterocycles. The van der Waals surface area contributed by atoms with Crippen LogP contribution < -0.4 is 15.4 Å². The van der Waals surface area contributed by atoms with E-state index >= 15 is 0 Å². The largest absolute Gasteiger partial charge is 0.485 e. The van der Waals surface area contributed by atoms with Crippen molar-refractivity contribution in [1.29, 1.82) is 0 Å². The van der Waals surface area contributed by atoms with Crippen LogP contribution in [-0.2, 0) is 0 Å². The van der Waals surface area contributed by atoms with E-state index in [1.54, 1.807) is 20.2 Å². The summed E-state index contributed by atoms with van der Waals surface area (Å²) in [6, 6.07) is 4.91. The van der Waals surface area contributed by atoms with Crippen LogP contribution >= 0.6 is 0 Å². The number of amides is 1. The van der Waals surface area contributed by atoms with Crippen LogP contribution in [0.25, 0.3) is 0 Å². The molecule has 1 atom stereocenters. The summed E-state index contributed by atoms with van der Waals surface area (Å²) in [7, 11) is 1.76. The second-order valence-corrected chi connectivity index (χ2v) is 6.11. The van der Waals surface area contributed by atoms with E-state index in [2.05, 4.69) is 20.6 Å². The molecule has 0 aliphatic rings. The van der Waals surface area contributed by atoms with Crippen molar-refractivity contribution in [2.24, 2.45) is 0 Å². The van der Waals surface area contributed by atoms with E-state index in [0.717, 1.165) is 12.5 Å². The maximum atomic E-state index is 12.9. The molecule has 2 aromatic rings. The monoisotopic (exact) mass is 364 g/mol. The lowest BCUT2D eigenvalue weighted by atomic mass is 10.1. The molecule has 0 saturated carbocycles. The van der Waals surface area contributed by atoms with E-state index in [-0.39, 0.29) is 23.4 Å². The molecule has 26 heavy (non-hydrogen) atoms. The van der Waals surface area contributed by atoms with E-state index < -0.39 is 12.5 Å². The number of halogens is 2. The minimum atomic E-state index is -2.94. The number of rotatable bonds is 7. The van der Waals surface area contributed by atoms with Crippen molar-refractivity contribution in [3.63, 3.8) is 0 Å². The number of nitrogens with zero attached hydrogens (tertiary/aromatic N) is 2. The van der Waals surface area contributed by atoms with Crippen LogP contribution in [0.2, 0.25) is 0 Å². The van der Waals surface area contributed by atoms with E-state index in [0.29, 0.717) is 11.4 Å². The van der Waals surface area contributed by atoms with Gasteiger partial charge in [0.15, 0.2) is 6.61 Å². The SMILES string of the molecule is CNc1cc(C(C)NC(=O)c2cc(C)c(OCC(C)(F)F)cn2)ccn1. The third kappa shape index (κ3) is 5.37. The highest BCUT2D eigenvalue weighted by Gasteiger charge is 2.23. The molecule has 0 fully saturated rings. The van der Waals surface area contributed by atoms with Gasteiger partial charge in [-0.05, 0) is 43.2 Å². The van der Waals surface area contributed by atoms with Gasteiger partial charge in [-0.2, -0.15) is 0 Å². The van der Waals surface area contributed by atoms with Crippen LogP contribution in [0.4, 0.5) is 14.6 Å². The van der Waals surface area contributed by atoms with Crippen molar-refractivity contribution in [3.8, 4) is 5.75 Å². The minimum absolute atomic E-state index is 0.188. The molecule has 2 N–H and O–H groups in total. The molecule has 8 heteroatoms. The number of aryl methyl sites for hydroxylation is 1. The first-order valence-corrected chi connectivity index (χ1v) is 8.11. The van der Waals surface area contributed by atoms with Gasteiger partial charge in [0.05, 0.1) is 12.2 Å². The molecule has 0 radical (unpaired) electrons. The standard InChI is InChI=1S/C18H22F2N4O2/c1-11-7-14(23-9-15(11)26-10-18(3,19)20)17(25)24-12(2)13-5-6-22-16(8-13)21-4/h5-9,12H,10H2,1-4H3,(H,21,22)(H,24,25). The summed E-state index contributed by atoms with van der Waals surface area (Å²) in [5, 5.41) is 5.79. The van der Waals surface area contributed by atoms with E-state index in [9.17, 15) is 13.6 Å². The fourth-order valence-corrected chi connectivity index (χ4v) is 2.23. The number of carbonyl (C=O) groups excluding carboxylic acids is 1. The highest BCUT2D eigenvalue weighted by molar-refractivity contribution is 5.92. The number of hydrogen-bond acceptors (Lipinski definition) is 5. The van der Waals surface area contributed by atoms with Crippen LogP contribution in [0.15, 0.2) is 30.6 Å². The summed E-state index contributed by atoms with van der Waals surface area (Å²) >= 11 is 0. The lowest BCUT2D eigenvalue weighted by Gasteiger charge is -2.16. The van der Waals surface area contributed by atoms with Gasteiger partial charge in [0.1, 0.15) is 17.3 Å². The zero-order valence-electron chi connectivity index (χ0n) is 15.1. The molecule has 0 aliphatic carbocycles. The second kappa shape index (κ2) is 8.07. The Morgan fingerprint density at radius 1 is 1.35 bits per heavy atom. The molecule has 2 rings (SSSR count). The molecule has 2 aromatic heterocycles. The van der Waals surface area contributed by atoms with Gasteiger partial charge in [0, 0.05) is 20.2 Å². The van der Waals surface area contributed by atoms with Gasteiger partial charge >= 0.3 is 0 Å². The number of hydrogen-bond donors (Lipinski definition) is 2. The summed E-state index contributed by atoms with van der Waals surface area (Å²) in [4.78, 5) is 20.5. The number of pyridine rings is 2. The first-order valence-electron chi connectivity index (χ1n) is 8.11. The Morgan fingerprint density at radius 3 is 2.69 bits per heavy atom. The average Bonchev–Trinajstić information content (AvgIpc) is 2.59. The van der Waals surface area contributed by atoms with Crippen molar-refractivity contribution < 1.29 is 18.3 Å². The molecule has 0 saturated heterocycles. The maximum Gasteiger partial charge on any atom is 0.278 e. The maximum absolute atomic E-state index is 12.9. The van der Waals surface area contributed by atoms with Gasteiger partial charge in [-0.1, -0.05) is 0 Å². The van der Waals surface area contributed by atoms with Gasteiger partial charge in [0.25, 0.3) is 11.8 Å². The molecule has 1 unspecified atom stereocenters. The van der Waals surface area contributed by atoms with Crippen molar-refractivity contribution in [2.45, 2.75) is 32.7 Å². The van der Waals surface area contributed by atoms with E-state index in [4.69, 9.17) is 4.74 Å². The Labute approximate surface area is 151 Å². The van der Waals surface area contributed by atoms with Crippen molar-refractivity contribution in [3.05, 3.63) is 47.4 Å². The first kappa shape index (κ1) is 19.6. The average molecular weight is 364 g/mol. The van der Waals surface area contributed by atoms with Gasteiger partial charge in [-0.15, -0.1) is 0 Å². The highest BCUT2D eigenvalue weighted by Crippen LogP contribution is 2.21.